The zero-order chi connectivity index (χ0) is 17.6. The van der Waals surface area contributed by atoms with E-state index in [4.69, 9.17) is 9.47 Å². The van der Waals surface area contributed by atoms with E-state index >= 15 is 0 Å². The van der Waals surface area contributed by atoms with Gasteiger partial charge in [-0.2, -0.15) is 13.2 Å². The molecule has 2 rings (SSSR count). The number of sulfonamides is 1. The average molecular weight is 367 g/mol. The van der Waals surface area contributed by atoms with Crippen molar-refractivity contribution in [3.63, 3.8) is 0 Å². The fraction of sp³-hybridized carbons (Fsp3) is 0.600. The SMILES string of the molecule is O=S(=O)(NCCCOCC1CCCO1)c1ccc(C(F)(F)F)cc1. The summed E-state index contributed by atoms with van der Waals surface area (Å²) in [6, 6.07) is 3.39. The van der Waals surface area contributed by atoms with Crippen molar-refractivity contribution in [1.29, 1.82) is 0 Å². The first-order valence-electron chi connectivity index (χ1n) is 7.65. The summed E-state index contributed by atoms with van der Waals surface area (Å²) in [5.41, 5.74) is -0.885. The van der Waals surface area contributed by atoms with Crippen LogP contribution in [0.5, 0.6) is 0 Å². The van der Waals surface area contributed by atoms with Crippen LogP contribution in [0.15, 0.2) is 29.2 Å². The summed E-state index contributed by atoms with van der Waals surface area (Å²) >= 11 is 0. The van der Waals surface area contributed by atoms with E-state index in [1.807, 2.05) is 0 Å². The Morgan fingerprint density at radius 2 is 1.96 bits per heavy atom. The van der Waals surface area contributed by atoms with Crippen LogP contribution in [0.1, 0.15) is 24.8 Å². The number of ether oxygens (including phenoxy) is 2. The number of alkyl halides is 3. The smallest absolute Gasteiger partial charge is 0.379 e. The molecule has 1 N–H and O–H groups in total. The summed E-state index contributed by atoms with van der Waals surface area (Å²) in [5, 5.41) is 0. The Hall–Kier alpha value is -1.16. The lowest BCUT2D eigenvalue weighted by atomic mass is 10.2. The van der Waals surface area contributed by atoms with Gasteiger partial charge >= 0.3 is 6.18 Å². The van der Waals surface area contributed by atoms with Crippen LogP contribution < -0.4 is 4.72 Å². The first kappa shape index (κ1) is 19.2. The van der Waals surface area contributed by atoms with Crippen LogP contribution in [0.25, 0.3) is 0 Å². The molecular formula is C15H20F3NO4S. The van der Waals surface area contributed by atoms with Crippen molar-refractivity contribution in [2.75, 3.05) is 26.4 Å². The predicted octanol–water partition coefficient (Wildman–Crippen LogP) is 2.57. The minimum absolute atomic E-state index is 0.119. The van der Waals surface area contributed by atoms with E-state index in [9.17, 15) is 21.6 Å². The van der Waals surface area contributed by atoms with E-state index in [1.165, 1.54) is 0 Å². The number of rotatable bonds is 8. The number of nitrogens with one attached hydrogen (secondary N) is 1. The number of halogens is 3. The molecule has 1 atom stereocenters. The monoisotopic (exact) mass is 367 g/mol. The standard InChI is InChI=1S/C15H20F3NO4S/c16-15(17,18)12-4-6-14(7-5-12)24(20,21)19-8-2-9-22-11-13-3-1-10-23-13/h4-7,13,19H,1-3,8-11H2. The molecule has 0 aromatic heterocycles. The average Bonchev–Trinajstić information content (AvgIpc) is 3.03. The molecule has 5 nitrogen and oxygen atoms in total. The number of benzene rings is 1. The molecule has 1 aromatic rings. The van der Waals surface area contributed by atoms with E-state index in [2.05, 4.69) is 4.72 Å². The third-order valence-corrected chi connectivity index (χ3v) is 5.05. The quantitative estimate of drug-likeness (QED) is 0.718. The predicted molar refractivity (Wildman–Crippen MR) is 81.0 cm³/mol. The van der Waals surface area contributed by atoms with Crippen LogP contribution in [-0.2, 0) is 25.7 Å². The van der Waals surface area contributed by atoms with Crippen LogP contribution in [0.2, 0.25) is 0 Å². The van der Waals surface area contributed by atoms with Crippen molar-refractivity contribution in [3.05, 3.63) is 29.8 Å². The first-order chi connectivity index (χ1) is 11.3. The highest BCUT2D eigenvalue weighted by molar-refractivity contribution is 7.89. The molecule has 0 bridgehead atoms. The maximum absolute atomic E-state index is 12.5. The molecule has 0 radical (unpaired) electrons. The highest BCUT2D eigenvalue weighted by atomic mass is 32.2. The van der Waals surface area contributed by atoms with Crippen LogP contribution in [-0.4, -0.2) is 40.9 Å². The van der Waals surface area contributed by atoms with Gasteiger partial charge < -0.3 is 9.47 Å². The van der Waals surface area contributed by atoms with Gasteiger partial charge in [0, 0.05) is 19.8 Å². The molecule has 0 saturated carbocycles. The van der Waals surface area contributed by atoms with Gasteiger partial charge in [-0.3, -0.25) is 0 Å². The Balaban J connectivity index is 1.72. The van der Waals surface area contributed by atoms with Crippen molar-refractivity contribution in [3.8, 4) is 0 Å². The largest absolute Gasteiger partial charge is 0.416 e. The van der Waals surface area contributed by atoms with Crippen LogP contribution in [0.4, 0.5) is 13.2 Å². The maximum Gasteiger partial charge on any atom is 0.416 e. The van der Waals surface area contributed by atoms with Crippen molar-refractivity contribution in [2.24, 2.45) is 0 Å². The lowest BCUT2D eigenvalue weighted by Gasteiger charge is -2.11. The molecule has 136 valence electrons. The topological polar surface area (TPSA) is 64.6 Å². The molecule has 1 fully saturated rings. The Labute approximate surface area is 139 Å². The van der Waals surface area contributed by atoms with Gasteiger partial charge in [-0.1, -0.05) is 0 Å². The van der Waals surface area contributed by atoms with E-state index < -0.39 is 21.8 Å². The Morgan fingerprint density at radius 3 is 2.54 bits per heavy atom. The molecule has 1 aliphatic heterocycles. The summed E-state index contributed by atoms with van der Waals surface area (Å²) in [4.78, 5) is -0.198. The summed E-state index contributed by atoms with van der Waals surface area (Å²) in [7, 11) is -3.82. The maximum atomic E-state index is 12.5. The van der Waals surface area contributed by atoms with E-state index in [-0.39, 0.29) is 17.5 Å². The fourth-order valence-corrected chi connectivity index (χ4v) is 3.35. The zero-order valence-electron chi connectivity index (χ0n) is 13.0. The Bertz CT molecular complexity index is 611. The fourth-order valence-electron chi connectivity index (χ4n) is 2.28. The molecule has 0 aliphatic carbocycles. The molecule has 1 aromatic carbocycles. The van der Waals surface area contributed by atoms with Gasteiger partial charge in [-0.25, -0.2) is 13.1 Å². The minimum atomic E-state index is -4.49. The summed E-state index contributed by atoms with van der Waals surface area (Å²) < 4.78 is 74.5. The summed E-state index contributed by atoms with van der Waals surface area (Å²) in [5.74, 6) is 0. The molecular weight excluding hydrogens is 347 g/mol. The normalized spacial score (nSPS) is 18.9. The van der Waals surface area contributed by atoms with Crippen molar-refractivity contribution in [1.82, 2.24) is 4.72 Å². The van der Waals surface area contributed by atoms with Crippen molar-refractivity contribution < 1.29 is 31.1 Å². The Morgan fingerprint density at radius 1 is 1.25 bits per heavy atom. The second-order valence-electron chi connectivity index (χ2n) is 5.48. The molecule has 0 amide bonds. The summed E-state index contributed by atoms with van der Waals surface area (Å²) in [6.07, 6.45) is -1.90. The number of hydrogen-bond acceptors (Lipinski definition) is 4. The molecule has 9 heteroatoms. The second-order valence-corrected chi connectivity index (χ2v) is 7.25. The van der Waals surface area contributed by atoms with E-state index in [1.54, 1.807) is 0 Å². The second kappa shape index (κ2) is 8.28. The minimum Gasteiger partial charge on any atom is -0.379 e. The van der Waals surface area contributed by atoms with Gasteiger partial charge in [0.25, 0.3) is 0 Å². The van der Waals surface area contributed by atoms with Gasteiger partial charge in [-0.05, 0) is 43.5 Å². The van der Waals surface area contributed by atoms with Crippen LogP contribution in [0.3, 0.4) is 0 Å². The van der Waals surface area contributed by atoms with Gasteiger partial charge in [0.2, 0.25) is 10.0 Å². The van der Waals surface area contributed by atoms with Crippen molar-refractivity contribution in [2.45, 2.75) is 36.4 Å². The molecule has 1 saturated heterocycles. The van der Waals surface area contributed by atoms with Crippen LogP contribution in [0, 0.1) is 0 Å². The highest BCUT2D eigenvalue weighted by Gasteiger charge is 2.30. The lowest BCUT2D eigenvalue weighted by Crippen LogP contribution is -2.26. The summed E-state index contributed by atoms with van der Waals surface area (Å²) in [6.45, 7) is 1.77. The Kier molecular flexibility index (Phi) is 6.62. The van der Waals surface area contributed by atoms with E-state index in [0.717, 1.165) is 43.7 Å². The van der Waals surface area contributed by atoms with Crippen LogP contribution >= 0.6 is 0 Å². The van der Waals surface area contributed by atoms with Gasteiger partial charge in [-0.15, -0.1) is 0 Å². The van der Waals surface area contributed by atoms with E-state index in [0.29, 0.717) is 19.6 Å². The highest BCUT2D eigenvalue weighted by Crippen LogP contribution is 2.29. The lowest BCUT2D eigenvalue weighted by molar-refractivity contribution is -0.137. The first-order valence-corrected chi connectivity index (χ1v) is 9.13. The third-order valence-electron chi connectivity index (χ3n) is 3.58. The van der Waals surface area contributed by atoms with Crippen molar-refractivity contribution >= 4 is 10.0 Å². The molecule has 1 heterocycles. The number of hydrogen-bond donors (Lipinski definition) is 1. The van der Waals surface area contributed by atoms with Gasteiger partial charge in [0.05, 0.1) is 23.2 Å². The van der Waals surface area contributed by atoms with Gasteiger partial charge in [0.15, 0.2) is 0 Å². The molecule has 24 heavy (non-hydrogen) atoms. The molecule has 1 aliphatic rings. The third kappa shape index (κ3) is 5.73. The molecule has 0 spiro atoms. The zero-order valence-corrected chi connectivity index (χ0v) is 13.8. The van der Waals surface area contributed by atoms with Gasteiger partial charge in [0.1, 0.15) is 0 Å². The molecule has 1 unspecified atom stereocenters.